The maximum Gasteiger partial charge on any atom is 0.0697 e. The molecule has 67 valence electrons. The van der Waals surface area contributed by atoms with Gasteiger partial charge in [0.25, 0.3) is 0 Å². The summed E-state index contributed by atoms with van der Waals surface area (Å²) in [5.41, 5.74) is 1.92. The molecule has 2 aromatic rings. The van der Waals surface area contributed by atoms with Crippen LogP contribution in [0.5, 0.6) is 0 Å². The van der Waals surface area contributed by atoms with Crippen LogP contribution in [0.25, 0.3) is 5.69 Å². The molecule has 0 fully saturated rings. The van der Waals surface area contributed by atoms with Gasteiger partial charge in [0.2, 0.25) is 0 Å². The Morgan fingerprint density at radius 3 is 2.57 bits per heavy atom. The second-order valence-electron chi connectivity index (χ2n) is 2.70. The quantitative estimate of drug-likeness (QED) is 0.625. The number of rotatable bonds is 1. The molecule has 3 heteroatoms. The number of hydrogen-bond acceptors (Lipinski definition) is 2. The van der Waals surface area contributed by atoms with Crippen LogP contribution in [0.3, 0.4) is 0 Å². The molecule has 1 radical (unpaired) electrons. The molecule has 0 saturated heterocycles. The van der Waals surface area contributed by atoms with E-state index in [0.717, 1.165) is 11.3 Å². The summed E-state index contributed by atoms with van der Waals surface area (Å²) < 4.78 is 1.70. The summed E-state index contributed by atoms with van der Waals surface area (Å²) >= 11 is 0. The van der Waals surface area contributed by atoms with Crippen molar-refractivity contribution >= 4 is 0 Å². The molecule has 1 aromatic carbocycles. The molecule has 0 unspecified atom stereocenters. The van der Waals surface area contributed by atoms with E-state index in [1.165, 1.54) is 0 Å². The van der Waals surface area contributed by atoms with Gasteiger partial charge >= 0.3 is 0 Å². The predicted molar refractivity (Wildman–Crippen MR) is 53.6 cm³/mol. The molecule has 0 aliphatic rings. The SMILES string of the molecule is [CH2]C#Cc1ccc(-n2ccnn2)cc1. The minimum absolute atomic E-state index is 0.948. The number of hydrogen-bond donors (Lipinski definition) is 0. The summed E-state index contributed by atoms with van der Waals surface area (Å²) in [6, 6.07) is 7.73. The Morgan fingerprint density at radius 1 is 1.21 bits per heavy atom. The third kappa shape index (κ3) is 1.64. The Labute approximate surface area is 82.4 Å². The Kier molecular flexibility index (Phi) is 2.28. The first-order valence-corrected chi connectivity index (χ1v) is 4.15. The average Bonchev–Trinajstić information content (AvgIpc) is 2.72. The molecular weight excluding hydrogens is 174 g/mol. The van der Waals surface area contributed by atoms with Gasteiger partial charge in [-0.25, -0.2) is 4.68 Å². The zero-order chi connectivity index (χ0) is 9.80. The van der Waals surface area contributed by atoms with E-state index in [4.69, 9.17) is 0 Å². The summed E-state index contributed by atoms with van der Waals surface area (Å²) in [4.78, 5) is 0. The first kappa shape index (κ1) is 8.52. The molecule has 0 saturated carbocycles. The van der Waals surface area contributed by atoms with Crippen molar-refractivity contribution in [2.45, 2.75) is 0 Å². The Morgan fingerprint density at radius 2 is 2.00 bits per heavy atom. The lowest BCUT2D eigenvalue weighted by atomic mass is 10.2. The average molecular weight is 182 g/mol. The fourth-order valence-electron chi connectivity index (χ4n) is 1.15. The minimum Gasteiger partial charge on any atom is -0.221 e. The molecular formula is C11H8N3. The molecule has 0 aliphatic carbocycles. The topological polar surface area (TPSA) is 30.7 Å². The molecule has 0 atom stereocenters. The highest BCUT2D eigenvalue weighted by atomic mass is 15.4. The van der Waals surface area contributed by atoms with Gasteiger partial charge in [0.05, 0.1) is 18.1 Å². The molecule has 3 nitrogen and oxygen atoms in total. The Balaban J connectivity index is 2.34. The van der Waals surface area contributed by atoms with Gasteiger partial charge in [0.1, 0.15) is 0 Å². The van der Waals surface area contributed by atoms with Crippen molar-refractivity contribution in [3.8, 4) is 17.5 Å². The van der Waals surface area contributed by atoms with Gasteiger partial charge in [-0.15, -0.1) is 5.10 Å². The van der Waals surface area contributed by atoms with Gasteiger partial charge in [-0.3, -0.25) is 0 Å². The molecule has 14 heavy (non-hydrogen) atoms. The summed E-state index contributed by atoms with van der Waals surface area (Å²) in [5.74, 6) is 5.48. The van der Waals surface area contributed by atoms with E-state index in [1.807, 2.05) is 24.3 Å². The van der Waals surface area contributed by atoms with Crippen molar-refractivity contribution in [1.82, 2.24) is 15.0 Å². The standard InChI is InChI=1S/C11H8N3/c1-2-3-10-4-6-11(7-5-10)14-9-8-12-13-14/h4-9H,1H2. The molecule has 0 spiro atoms. The molecule has 1 heterocycles. The van der Waals surface area contributed by atoms with Gasteiger partial charge in [0, 0.05) is 12.5 Å². The first-order chi connectivity index (χ1) is 6.90. The van der Waals surface area contributed by atoms with E-state index in [1.54, 1.807) is 17.1 Å². The fourth-order valence-corrected chi connectivity index (χ4v) is 1.15. The van der Waals surface area contributed by atoms with Crippen molar-refractivity contribution in [1.29, 1.82) is 0 Å². The summed E-state index contributed by atoms with van der Waals surface area (Å²) in [6.07, 6.45) is 3.44. The highest BCUT2D eigenvalue weighted by Crippen LogP contribution is 2.06. The van der Waals surface area contributed by atoms with E-state index in [-0.39, 0.29) is 0 Å². The smallest absolute Gasteiger partial charge is 0.0697 e. The molecule has 1 aromatic heterocycles. The summed E-state index contributed by atoms with van der Waals surface area (Å²) in [7, 11) is 0. The van der Waals surface area contributed by atoms with E-state index >= 15 is 0 Å². The number of aromatic nitrogens is 3. The molecule has 2 rings (SSSR count). The van der Waals surface area contributed by atoms with Gasteiger partial charge in [0.15, 0.2) is 0 Å². The van der Waals surface area contributed by atoms with Crippen molar-refractivity contribution in [2.75, 3.05) is 0 Å². The number of nitrogens with zero attached hydrogens (tertiary/aromatic N) is 3. The van der Waals surface area contributed by atoms with Crippen LogP contribution < -0.4 is 0 Å². The fraction of sp³-hybridized carbons (Fsp3) is 0. The maximum atomic E-state index is 3.88. The normalized spacial score (nSPS) is 9.21. The Bertz CT molecular complexity index is 457. The van der Waals surface area contributed by atoms with Crippen LogP contribution in [0.1, 0.15) is 5.56 Å². The summed E-state index contributed by atoms with van der Waals surface area (Å²) in [6.45, 7) is 3.46. The number of benzene rings is 1. The van der Waals surface area contributed by atoms with Crippen LogP contribution >= 0.6 is 0 Å². The second kappa shape index (κ2) is 3.75. The third-order valence-electron chi connectivity index (χ3n) is 1.79. The zero-order valence-corrected chi connectivity index (χ0v) is 7.51. The molecule has 0 aliphatic heterocycles. The van der Waals surface area contributed by atoms with E-state index in [9.17, 15) is 0 Å². The van der Waals surface area contributed by atoms with Crippen LogP contribution in [0.2, 0.25) is 0 Å². The van der Waals surface area contributed by atoms with Gasteiger partial charge in [-0.05, 0) is 24.3 Å². The second-order valence-corrected chi connectivity index (χ2v) is 2.70. The highest BCUT2D eigenvalue weighted by Gasteiger charge is 1.95. The lowest BCUT2D eigenvalue weighted by Crippen LogP contribution is -1.94. The van der Waals surface area contributed by atoms with E-state index in [0.29, 0.717) is 0 Å². The van der Waals surface area contributed by atoms with Crippen molar-refractivity contribution < 1.29 is 0 Å². The molecule has 0 N–H and O–H groups in total. The highest BCUT2D eigenvalue weighted by molar-refractivity contribution is 5.41. The Hall–Kier alpha value is -2.08. The monoisotopic (exact) mass is 182 g/mol. The minimum atomic E-state index is 0.948. The zero-order valence-electron chi connectivity index (χ0n) is 7.51. The summed E-state index contributed by atoms with van der Waals surface area (Å²) in [5, 5.41) is 7.61. The van der Waals surface area contributed by atoms with Crippen LogP contribution in [-0.4, -0.2) is 15.0 Å². The van der Waals surface area contributed by atoms with E-state index in [2.05, 4.69) is 29.1 Å². The third-order valence-corrected chi connectivity index (χ3v) is 1.79. The van der Waals surface area contributed by atoms with Crippen molar-refractivity contribution in [3.63, 3.8) is 0 Å². The van der Waals surface area contributed by atoms with E-state index < -0.39 is 0 Å². The molecule has 0 bridgehead atoms. The first-order valence-electron chi connectivity index (χ1n) is 4.15. The van der Waals surface area contributed by atoms with Crippen LogP contribution in [0.15, 0.2) is 36.7 Å². The maximum absolute atomic E-state index is 3.88. The predicted octanol–water partition coefficient (Wildman–Crippen LogP) is 1.45. The van der Waals surface area contributed by atoms with Crippen LogP contribution in [0, 0.1) is 18.8 Å². The van der Waals surface area contributed by atoms with Gasteiger partial charge in [-0.1, -0.05) is 17.1 Å². The van der Waals surface area contributed by atoms with Crippen molar-refractivity contribution in [3.05, 3.63) is 49.1 Å². The largest absolute Gasteiger partial charge is 0.221 e. The van der Waals surface area contributed by atoms with Crippen molar-refractivity contribution in [2.24, 2.45) is 0 Å². The van der Waals surface area contributed by atoms with Crippen LogP contribution in [0.4, 0.5) is 0 Å². The lowest BCUT2D eigenvalue weighted by Gasteiger charge is -1.98. The van der Waals surface area contributed by atoms with Gasteiger partial charge < -0.3 is 0 Å². The molecule has 0 amide bonds. The van der Waals surface area contributed by atoms with Crippen LogP contribution in [-0.2, 0) is 0 Å². The van der Waals surface area contributed by atoms with Gasteiger partial charge in [-0.2, -0.15) is 0 Å². The lowest BCUT2D eigenvalue weighted by molar-refractivity contribution is 0.803.